The SMILES string of the molecule is Cc1nnsc1C(=O)NCC1CCC2(CCN(Cc3ccccc3)CC2)O1. The summed E-state index contributed by atoms with van der Waals surface area (Å²) >= 11 is 1.14. The predicted octanol–water partition coefficient (Wildman–Crippen LogP) is 2.79. The lowest BCUT2D eigenvalue weighted by atomic mass is 9.88. The number of nitrogens with zero attached hydrogens (tertiary/aromatic N) is 3. The third kappa shape index (κ3) is 4.36. The number of aryl methyl sites for hydroxylation is 1. The highest BCUT2D eigenvalue weighted by atomic mass is 32.1. The molecule has 2 fully saturated rings. The van der Waals surface area contributed by atoms with Crippen LogP contribution in [0.1, 0.15) is 46.6 Å². The quantitative estimate of drug-likeness (QED) is 0.856. The van der Waals surface area contributed by atoms with Crippen molar-refractivity contribution in [2.45, 2.75) is 50.9 Å². The van der Waals surface area contributed by atoms with E-state index in [-0.39, 0.29) is 17.6 Å². The van der Waals surface area contributed by atoms with Crippen LogP contribution in [0, 0.1) is 6.92 Å². The number of ether oxygens (including phenoxy) is 1. The minimum absolute atomic E-state index is 0.00451. The molecule has 0 saturated carbocycles. The molecule has 1 N–H and O–H groups in total. The highest BCUT2D eigenvalue weighted by molar-refractivity contribution is 7.07. The Morgan fingerprint density at radius 1 is 1.30 bits per heavy atom. The first kappa shape index (κ1) is 18.5. The fourth-order valence-corrected chi connectivity index (χ4v) is 4.67. The van der Waals surface area contributed by atoms with Gasteiger partial charge in [0.2, 0.25) is 0 Å². The Kier molecular flexibility index (Phi) is 5.52. The molecule has 3 heterocycles. The number of nitrogens with one attached hydrogen (secondary N) is 1. The normalized spacial score (nSPS) is 22.2. The van der Waals surface area contributed by atoms with E-state index in [1.165, 1.54) is 5.56 Å². The molecule has 1 atom stereocenters. The molecule has 2 aromatic rings. The standard InChI is InChI=1S/C20H26N4O2S/c1-15-18(27-23-22-15)19(25)21-13-17-7-8-20(26-17)9-11-24(12-10-20)14-16-5-3-2-4-6-16/h2-6,17H,7-14H2,1H3,(H,21,25). The first-order chi connectivity index (χ1) is 13.1. The first-order valence-corrected chi connectivity index (χ1v) is 10.4. The van der Waals surface area contributed by atoms with Gasteiger partial charge >= 0.3 is 0 Å². The fourth-order valence-electron chi connectivity index (χ4n) is 4.09. The molecule has 6 nitrogen and oxygen atoms in total. The molecule has 1 aromatic heterocycles. The molecule has 1 aromatic carbocycles. The highest BCUT2D eigenvalue weighted by Crippen LogP contribution is 2.39. The Morgan fingerprint density at radius 2 is 2.07 bits per heavy atom. The molecule has 1 unspecified atom stereocenters. The van der Waals surface area contributed by atoms with E-state index in [0.717, 1.165) is 56.9 Å². The van der Waals surface area contributed by atoms with Gasteiger partial charge in [0.05, 0.1) is 17.4 Å². The van der Waals surface area contributed by atoms with Crippen LogP contribution in [0.2, 0.25) is 0 Å². The van der Waals surface area contributed by atoms with Crippen LogP contribution in [0.4, 0.5) is 0 Å². The Morgan fingerprint density at radius 3 is 2.78 bits per heavy atom. The fraction of sp³-hybridized carbons (Fsp3) is 0.550. The molecule has 0 radical (unpaired) electrons. The molecule has 144 valence electrons. The zero-order valence-corrected chi connectivity index (χ0v) is 16.5. The van der Waals surface area contributed by atoms with Crippen LogP contribution in [0.3, 0.4) is 0 Å². The second-order valence-electron chi connectivity index (χ2n) is 7.62. The number of rotatable bonds is 5. The second-order valence-corrected chi connectivity index (χ2v) is 8.37. The minimum atomic E-state index is -0.0928. The maximum atomic E-state index is 12.2. The van der Waals surface area contributed by atoms with Gasteiger partial charge in [0.25, 0.3) is 5.91 Å². The highest BCUT2D eigenvalue weighted by Gasteiger charge is 2.42. The molecule has 2 saturated heterocycles. The first-order valence-electron chi connectivity index (χ1n) is 9.65. The van der Waals surface area contributed by atoms with Gasteiger partial charge in [0.1, 0.15) is 4.88 Å². The lowest BCUT2D eigenvalue weighted by molar-refractivity contribution is -0.0764. The van der Waals surface area contributed by atoms with Gasteiger partial charge in [-0.15, -0.1) is 5.10 Å². The van der Waals surface area contributed by atoms with E-state index in [9.17, 15) is 4.79 Å². The summed E-state index contributed by atoms with van der Waals surface area (Å²) in [6.07, 6.45) is 4.35. The van der Waals surface area contributed by atoms with Gasteiger partial charge in [-0.25, -0.2) is 0 Å². The Balaban J connectivity index is 1.24. The van der Waals surface area contributed by atoms with Gasteiger partial charge in [0, 0.05) is 26.2 Å². The van der Waals surface area contributed by atoms with E-state index in [2.05, 4.69) is 50.1 Å². The predicted molar refractivity (Wildman–Crippen MR) is 105 cm³/mol. The van der Waals surface area contributed by atoms with Gasteiger partial charge in [-0.05, 0) is 49.7 Å². The number of aromatic nitrogens is 2. The smallest absolute Gasteiger partial charge is 0.265 e. The van der Waals surface area contributed by atoms with Crippen molar-refractivity contribution in [2.75, 3.05) is 19.6 Å². The van der Waals surface area contributed by atoms with Crippen molar-refractivity contribution in [3.63, 3.8) is 0 Å². The van der Waals surface area contributed by atoms with Crippen molar-refractivity contribution in [3.8, 4) is 0 Å². The molecule has 2 aliphatic heterocycles. The second kappa shape index (κ2) is 8.04. The lowest BCUT2D eigenvalue weighted by Gasteiger charge is -2.39. The number of hydrogen-bond donors (Lipinski definition) is 1. The topological polar surface area (TPSA) is 67.4 Å². The number of benzene rings is 1. The third-order valence-electron chi connectivity index (χ3n) is 5.70. The molecule has 0 aliphatic carbocycles. The summed E-state index contributed by atoms with van der Waals surface area (Å²) in [5, 5.41) is 6.88. The maximum absolute atomic E-state index is 12.2. The summed E-state index contributed by atoms with van der Waals surface area (Å²) in [7, 11) is 0. The van der Waals surface area contributed by atoms with Crippen molar-refractivity contribution in [1.82, 2.24) is 19.8 Å². The van der Waals surface area contributed by atoms with Crippen molar-refractivity contribution >= 4 is 17.4 Å². The monoisotopic (exact) mass is 386 g/mol. The van der Waals surface area contributed by atoms with E-state index < -0.39 is 0 Å². The number of piperidine rings is 1. The summed E-state index contributed by atoms with van der Waals surface area (Å²) < 4.78 is 10.2. The van der Waals surface area contributed by atoms with Gasteiger partial charge in [-0.3, -0.25) is 9.69 Å². The Hall–Kier alpha value is -1.83. The molecule has 2 aliphatic rings. The van der Waals surface area contributed by atoms with E-state index in [1.54, 1.807) is 0 Å². The summed E-state index contributed by atoms with van der Waals surface area (Å²) in [6, 6.07) is 10.6. The average molecular weight is 387 g/mol. The molecular weight excluding hydrogens is 360 g/mol. The summed E-state index contributed by atoms with van der Waals surface area (Å²) in [5.41, 5.74) is 2.06. The molecule has 1 spiro atoms. The maximum Gasteiger partial charge on any atom is 0.265 e. The molecule has 0 bridgehead atoms. The third-order valence-corrected chi connectivity index (χ3v) is 6.53. The zero-order valence-electron chi connectivity index (χ0n) is 15.7. The van der Waals surface area contributed by atoms with Crippen molar-refractivity contribution in [3.05, 3.63) is 46.5 Å². The van der Waals surface area contributed by atoms with Gasteiger partial charge in [-0.2, -0.15) is 0 Å². The summed E-state index contributed by atoms with van der Waals surface area (Å²) in [5.74, 6) is -0.0928. The van der Waals surface area contributed by atoms with Gasteiger partial charge in [0.15, 0.2) is 0 Å². The summed E-state index contributed by atoms with van der Waals surface area (Å²) in [4.78, 5) is 15.3. The minimum Gasteiger partial charge on any atom is -0.370 e. The number of hydrogen-bond acceptors (Lipinski definition) is 6. The van der Waals surface area contributed by atoms with Crippen molar-refractivity contribution in [1.29, 1.82) is 0 Å². The van der Waals surface area contributed by atoms with Crippen LogP contribution < -0.4 is 5.32 Å². The lowest BCUT2D eigenvalue weighted by Crippen LogP contribution is -2.44. The van der Waals surface area contributed by atoms with Crippen LogP contribution in [0.15, 0.2) is 30.3 Å². The van der Waals surface area contributed by atoms with Crippen LogP contribution in [0.25, 0.3) is 0 Å². The van der Waals surface area contributed by atoms with Gasteiger partial charge in [-0.1, -0.05) is 34.8 Å². The largest absolute Gasteiger partial charge is 0.370 e. The molecular formula is C20H26N4O2S. The number of carbonyl (C=O) groups is 1. The average Bonchev–Trinajstić information content (AvgIpc) is 3.29. The van der Waals surface area contributed by atoms with E-state index >= 15 is 0 Å². The van der Waals surface area contributed by atoms with E-state index in [1.807, 2.05) is 6.92 Å². The van der Waals surface area contributed by atoms with Crippen LogP contribution in [-0.4, -0.2) is 51.7 Å². The van der Waals surface area contributed by atoms with Crippen LogP contribution in [0.5, 0.6) is 0 Å². The van der Waals surface area contributed by atoms with Crippen molar-refractivity contribution < 1.29 is 9.53 Å². The van der Waals surface area contributed by atoms with Crippen LogP contribution in [-0.2, 0) is 11.3 Å². The zero-order chi connectivity index (χ0) is 18.7. The molecule has 1 amide bonds. The van der Waals surface area contributed by atoms with Gasteiger partial charge < -0.3 is 10.1 Å². The number of amides is 1. The molecule has 27 heavy (non-hydrogen) atoms. The molecule has 4 rings (SSSR count). The summed E-state index contributed by atoms with van der Waals surface area (Å²) in [6.45, 7) is 5.52. The Labute approximate surface area is 164 Å². The number of likely N-dealkylation sites (tertiary alicyclic amines) is 1. The molecule has 7 heteroatoms. The van der Waals surface area contributed by atoms with E-state index in [0.29, 0.717) is 17.1 Å². The van der Waals surface area contributed by atoms with Crippen molar-refractivity contribution in [2.24, 2.45) is 0 Å². The van der Waals surface area contributed by atoms with Crippen LogP contribution >= 0.6 is 11.5 Å². The Bertz CT molecular complexity index is 771. The van der Waals surface area contributed by atoms with E-state index in [4.69, 9.17) is 4.74 Å². The number of carbonyl (C=O) groups excluding carboxylic acids is 1.